The smallest absolute Gasteiger partial charge is 0.421 e. The molecule has 1 amide bonds. The van der Waals surface area contributed by atoms with Crippen LogP contribution in [0.2, 0.25) is 0 Å². The van der Waals surface area contributed by atoms with Crippen molar-refractivity contribution in [3.63, 3.8) is 0 Å². The first kappa shape index (κ1) is 17.1. The van der Waals surface area contributed by atoms with Crippen LogP contribution in [0.1, 0.15) is 19.8 Å². The highest BCUT2D eigenvalue weighted by molar-refractivity contribution is 7.88. The van der Waals surface area contributed by atoms with E-state index < -0.39 is 16.3 Å². The molecule has 116 valence electrons. The van der Waals surface area contributed by atoms with E-state index >= 15 is 0 Å². The van der Waals surface area contributed by atoms with E-state index in [0.717, 1.165) is 0 Å². The molecule has 0 aliphatic carbocycles. The maximum Gasteiger partial charge on any atom is 0.421 e. The number of nitrogens with one attached hydrogen (secondary N) is 2. The van der Waals surface area contributed by atoms with E-state index in [2.05, 4.69) is 14.4 Å². The summed E-state index contributed by atoms with van der Waals surface area (Å²) in [5.41, 5.74) is 5.46. The van der Waals surface area contributed by atoms with E-state index in [9.17, 15) is 13.2 Å². The third-order valence-corrected chi connectivity index (χ3v) is 3.99. The molecule has 0 radical (unpaired) electrons. The van der Waals surface area contributed by atoms with E-state index in [1.54, 1.807) is 11.6 Å². The number of likely N-dealkylation sites (tertiary alicyclic amines) is 1. The van der Waals surface area contributed by atoms with Gasteiger partial charge in [-0.2, -0.15) is 13.1 Å². The summed E-state index contributed by atoms with van der Waals surface area (Å²) in [5.74, 6) is 0. The molecule has 0 aromatic rings. The lowest BCUT2D eigenvalue weighted by Crippen LogP contribution is -2.50. The van der Waals surface area contributed by atoms with Crippen LogP contribution in [0.3, 0.4) is 0 Å². The number of carbonyl (C=O) groups excluding carboxylic acids is 1. The standard InChI is InChI=1S/C10H20N4O4S2/c1-2-18-10(15)13-20(16,17)12-8-3-5-14(6-4-8)7-9(11)19/h8,12H,2-7H2,1H3,(H2,11,19)(H,13,15). The SMILES string of the molecule is CCOC(=O)NS(=O)(=O)NC1CCN(CC(N)=S)CC1. The summed E-state index contributed by atoms with van der Waals surface area (Å²) < 4.78 is 32.1. The molecule has 0 saturated carbocycles. The zero-order valence-corrected chi connectivity index (χ0v) is 12.9. The Labute approximate surface area is 124 Å². The molecule has 10 heteroatoms. The summed E-state index contributed by atoms with van der Waals surface area (Å²) in [5, 5.41) is 0. The van der Waals surface area contributed by atoms with Gasteiger partial charge in [-0.15, -0.1) is 0 Å². The van der Waals surface area contributed by atoms with Crippen LogP contribution >= 0.6 is 12.2 Å². The van der Waals surface area contributed by atoms with Gasteiger partial charge >= 0.3 is 16.3 Å². The van der Waals surface area contributed by atoms with E-state index in [1.165, 1.54) is 0 Å². The molecular weight excluding hydrogens is 304 g/mol. The van der Waals surface area contributed by atoms with Gasteiger partial charge in [0.1, 0.15) is 0 Å². The summed E-state index contributed by atoms with van der Waals surface area (Å²) in [4.78, 5) is 13.6. The Morgan fingerprint density at radius 3 is 2.55 bits per heavy atom. The fourth-order valence-electron chi connectivity index (χ4n) is 1.95. The van der Waals surface area contributed by atoms with Crippen LogP contribution in [0.4, 0.5) is 4.79 Å². The Hall–Kier alpha value is -0.970. The monoisotopic (exact) mass is 324 g/mol. The zero-order valence-electron chi connectivity index (χ0n) is 11.3. The first-order valence-electron chi connectivity index (χ1n) is 6.30. The topological polar surface area (TPSA) is 114 Å². The molecule has 0 unspecified atom stereocenters. The van der Waals surface area contributed by atoms with E-state index in [0.29, 0.717) is 37.5 Å². The molecule has 0 bridgehead atoms. The van der Waals surface area contributed by atoms with Crippen molar-refractivity contribution in [2.45, 2.75) is 25.8 Å². The third-order valence-electron chi connectivity index (χ3n) is 2.78. The molecule has 0 aromatic heterocycles. The normalized spacial score (nSPS) is 17.6. The van der Waals surface area contributed by atoms with Gasteiger partial charge in [0, 0.05) is 25.7 Å². The average Bonchev–Trinajstić information content (AvgIpc) is 2.30. The number of nitrogens with two attached hydrogens (primary N) is 1. The third kappa shape index (κ3) is 6.46. The number of piperidine rings is 1. The summed E-state index contributed by atoms with van der Waals surface area (Å²) in [7, 11) is -3.89. The van der Waals surface area contributed by atoms with Crippen molar-refractivity contribution < 1.29 is 17.9 Å². The number of rotatable bonds is 6. The number of amides is 1. The second-order valence-electron chi connectivity index (χ2n) is 4.46. The Kier molecular flexibility index (Phi) is 6.59. The van der Waals surface area contributed by atoms with Crippen LogP contribution in [-0.2, 0) is 14.9 Å². The fourth-order valence-corrected chi connectivity index (χ4v) is 3.14. The molecule has 0 aromatic carbocycles. The summed E-state index contributed by atoms with van der Waals surface area (Å²) in [6.07, 6.45) is 0.282. The molecule has 1 saturated heterocycles. The van der Waals surface area contributed by atoms with Gasteiger partial charge in [0.05, 0.1) is 11.6 Å². The van der Waals surface area contributed by atoms with Crippen LogP contribution in [0.15, 0.2) is 0 Å². The number of nitrogens with zero attached hydrogens (tertiary/aromatic N) is 1. The Morgan fingerprint density at radius 2 is 2.05 bits per heavy atom. The van der Waals surface area contributed by atoms with Crippen molar-refractivity contribution in [2.75, 3.05) is 26.2 Å². The highest BCUT2D eigenvalue weighted by Gasteiger charge is 2.24. The van der Waals surface area contributed by atoms with Gasteiger partial charge in [0.2, 0.25) is 0 Å². The molecule has 1 rings (SSSR count). The molecule has 1 aliphatic heterocycles. The van der Waals surface area contributed by atoms with Crippen LogP contribution in [-0.4, -0.2) is 56.7 Å². The van der Waals surface area contributed by atoms with Crippen LogP contribution in [0.5, 0.6) is 0 Å². The second-order valence-corrected chi connectivity index (χ2v) is 6.43. The lowest BCUT2D eigenvalue weighted by atomic mass is 10.1. The maximum atomic E-state index is 11.7. The van der Waals surface area contributed by atoms with Gasteiger partial charge in [-0.25, -0.2) is 9.52 Å². The zero-order chi connectivity index (χ0) is 15.2. The highest BCUT2D eigenvalue weighted by Crippen LogP contribution is 2.10. The number of hydrogen-bond donors (Lipinski definition) is 3. The minimum absolute atomic E-state index is 0.110. The van der Waals surface area contributed by atoms with Crippen LogP contribution in [0.25, 0.3) is 0 Å². The van der Waals surface area contributed by atoms with Gasteiger partial charge < -0.3 is 10.5 Å². The minimum Gasteiger partial charge on any atom is -0.449 e. The molecular formula is C10H20N4O4S2. The fraction of sp³-hybridized carbons (Fsp3) is 0.800. The number of thiocarbonyl (C=S) groups is 1. The first-order valence-corrected chi connectivity index (χ1v) is 8.19. The Balaban J connectivity index is 2.39. The van der Waals surface area contributed by atoms with E-state index in [-0.39, 0.29) is 12.6 Å². The molecule has 0 atom stereocenters. The summed E-state index contributed by atoms with van der Waals surface area (Å²) >= 11 is 4.83. The van der Waals surface area contributed by atoms with Gasteiger partial charge in [-0.05, 0) is 19.8 Å². The van der Waals surface area contributed by atoms with Gasteiger partial charge in [-0.3, -0.25) is 4.90 Å². The number of hydrogen-bond acceptors (Lipinski definition) is 6. The molecule has 1 heterocycles. The molecule has 20 heavy (non-hydrogen) atoms. The van der Waals surface area contributed by atoms with Gasteiger partial charge in [0.25, 0.3) is 0 Å². The first-order chi connectivity index (χ1) is 9.32. The van der Waals surface area contributed by atoms with Crippen molar-refractivity contribution in [3.05, 3.63) is 0 Å². The quantitative estimate of drug-likeness (QED) is 0.555. The summed E-state index contributed by atoms with van der Waals surface area (Å²) in [6, 6.07) is -0.218. The van der Waals surface area contributed by atoms with Gasteiger partial charge in [-0.1, -0.05) is 12.2 Å². The van der Waals surface area contributed by atoms with E-state index in [4.69, 9.17) is 18.0 Å². The van der Waals surface area contributed by atoms with E-state index in [1.807, 2.05) is 0 Å². The molecule has 1 aliphatic rings. The van der Waals surface area contributed by atoms with Crippen molar-refractivity contribution in [1.82, 2.24) is 14.3 Å². The lowest BCUT2D eigenvalue weighted by molar-refractivity contribution is 0.158. The lowest BCUT2D eigenvalue weighted by Gasteiger charge is -2.31. The average molecular weight is 324 g/mol. The molecule has 0 spiro atoms. The maximum absolute atomic E-state index is 11.7. The Bertz CT molecular complexity index is 446. The summed E-state index contributed by atoms with van der Waals surface area (Å²) in [6.45, 7) is 3.64. The molecule has 1 fully saturated rings. The van der Waals surface area contributed by atoms with Crippen molar-refractivity contribution in [3.8, 4) is 0 Å². The highest BCUT2D eigenvalue weighted by atomic mass is 32.2. The number of carbonyl (C=O) groups is 1. The van der Waals surface area contributed by atoms with Crippen LogP contribution < -0.4 is 15.2 Å². The molecule has 4 N–H and O–H groups in total. The molecule has 8 nitrogen and oxygen atoms in total. The largest absolute Gasteiger partial charge is 0.449 e. The van der Waals surface area contributed by atoms with Crippen molar-refractivity contribution >= 4 is 33.5 Å². The second kappa shape index (κ2) is 7.72. The van der Waals surface area contributed by atoms with Crippen molar-refractivity contribution in [2.24, 2.45) is 5.73 Å². The predicted octanol–water partition coefficient (Wildman–Crippen LogP) is -0.683. The van der Waals surface area contributed by atoms with Crippen molar-refractivity contribution in [1.29, 1.82) is 0 Å². The Morgan fingerprint density at radius 1 is 1.45 bits per heavy atom. The minimum atomic E-state index is -3.89. The van der Waals surface area contributed by atoms with Gasteiger partial charge in [0.15, 0.2) is 0 Å². The number of ether oxygens (including phenoxy) is 1. The van der Waals surface area contributed by atoms with Crippen LogP contribution in [0, 0.1) is 0 Å². The predicted molar refractivity (Wildman–Crippen MR) is 78.5 cm³/mol.